The van der Waals surface area contributed by atoms with Gasteiger partial charge in [-0.1, -0.05) is 0 Å². The van der Waals surface area contributed by atoms with Crippen molar-refractivity contribution in [2.75, 3.05) is 20.2 Å². The molecule has 0 spiro atoms. The quantitative estimate of drug-likeness (QED) is 0.536. The van der Waals surface area contributed by atoms with Crippen LogP contribution in [0.4, 0.5) is 13.2 Å². The number of methoxy groups -OCH3 is 1. The molecule has 0 rings (SSSR count). The van der Waals surface area contributed by atoms with Crippen LogP contribution in [-0.4, -0.2) is 43.1 Å². The summed E-state index contributed by atoms with van der Waals surface area (Å²) in [6, 6.07) is 0. The minimum Gasteiger partial charge on any atom is -0.467 e. The number of halogens is 3. The summed E-state index contributed by atoms with van der Waals surface area (Å²) in [6.07, 6.45) is -5.16. The second kappa shape index (κ2) is 6.05. The monoisotopic (exact) mass is 243 g/mol. The first-order chi connectivity index (χ1) is 7.19. The predicted molar refractivity (Wildman–Crippen MR) is 50.8 cm³/mol. The van der Waals surface area contributed by atoms with Gasteiger partial charge < -0.3 is 15.2 Å². The van der Waals surface area contributed by atoms with Gasteiger partial charge in [0.05, 0.1) is 7.11 Å². The number of aliphatic hydroxyl groups is 1. The summed E-state index contributed by atoms with van der Waals surface area (Å²) in [4.78, 5) is 11.0. The Bertz CT molecular complexity index is 229. The maximum atomic E-state index is 11.7. The van der Waals surface area contributed by atoms with E-state index >= 15 is 0 Å². The standard InChI is InChI=1S/C9H16F3NO3/c1-8(15,7(14)16-2)6-13-5-3-4-9(10,11)12/h13,15H,3-6H2,1-2H3. The minimum atomic E-state index is -4.17. The number of alkyl halides is 3. The van der Waals surface area contributed by atoms with Crippen molar-refractivity contribution in [3.63, 3.8) is 0 Å². The second-order valence-corrected chi connectivity index (χ2v) is 3.66. The van der Waals surface area contributed by atoms with Gasteiger partial charge in [-0.25, -0.2) is 4.79 Å². The molecule has 0 saturated heterocycles. The molecule has 0 aromatic heterocycles. The van der Waals surface area contributed by atoms with Crippen LogP contribution >= 0.6 is 0 Å². The van der Waals surface area contributed by atoms with Gasteiger partial charge in [-0.2, -0.15) is 13.2 Å². The number of carbonyl (C=O) groups excluding carboxylic acids is 1. The first kappa shape index (κ1) is 15.2. The number of nitrogens with one attached hydrogen (secondary N) is 1. The largest absolute Gasteiger partial charge is 0.467 e. The number of rotatable bonds is 6. The molecule has 0 fully saturated rings. The third-order valence-corrected chi connectivity index (χ3v) is 1.91. The van der Waals surface area contributed by atoms with Gasteiger partial charge in [-0.15, -0.1) is 0 Å². The molecule has 0 amide bonds. The van der Waals surface area contributed by atoms with Crippen LogP contribution in [0.15, 0.2) is 0 Å². The van der Waals surface area contributed by atoms with Gasteiger partial charge in [0.2, 0.25) is 0 Å². The molecule has 4 nitrogen and oxygen atoms in total. The number of hydrogen-bond donors (Lipinski definition) is 2. The Morgan fingerprint density at radius 2 is 2.00 bits per heavy atom. The van der Waals surface area contributed by atoms with Crippen molar-refractivity contribution < 1.29 is 27.8 Å². The predicted octanol–water partition coefficient (Wildman–Crippen LogP) is 0.842. The molecule has 0 saturated carbocycles. The summed E-state index contributed by atoms with van der Waals surface area (Å²) in [5, 5.41) is 12.0. The van der Waals surface area contributed by atoms with E-state index in [2.05, 4.69) is 10.1 Å². The number of esters is 1. The van der Waals surface area contributed by atoms with E-state index in [9.17, 15) is 23.1 Å². The normalized spacial score (nSPS) is 15.6. The molecule has 96 valence electrons. The van der Waals surface area contributed by atoms with E-state index < -0.39 is 24.2 Å². The molecule has 0 aliphatic rings. The summed E-state index contributed by atoms with van der Waals surface area (Å²) in [5.41, 5.74) is -1.72. The van der Waals surface area contributed by atoms with Crippen LogP contribution in [0, 0.1) is 0 Å². The first-order valence-corrected chi connectivity index (χ1v) is 4.77. The fraction of sp³-hybridized carbons (Fsp3) is 0.889. The minimum absolute atomic E-state index is 0.0760. The summed E-state index contributed by atoms with van der Waals surface area (Å²) in [5.74, 6) is -0.823. The molecule has 0 heterocycles. The highest BCUT2D eigenvalue weighted by molar-refractivity contribution is 5.78. The Balaban J connectivity index is 3.70. The van der Waals surface area contributed by atoms with Crippen LogP contribution in [0.1, 0.15) is 19.8 Å². The van der Waals surface area contributed by atoms with Crippen molar-refractivity contribution in [3.8, 4) is 0 Å². The topological polar surface area (TPSA) is 58.6 Å². The Hall–Kier alpha value is -0.820. The Morgan fingerprint density at radius 1 is 1.44 bits per heavy atom. The zero-order valence-electron chi connectivity index (χ0n) is 9.23. The van der Waals surface area contributed by atoms with Gasteiger partial charge in [-0.3, -0.25) is 0 Å². The molecule has 1 atom stereocenters. The zero-order chi connectivity index (χ0) is 12.8. The van der Waals surface area contributed by atoms with Gasteiger partial charge >= 0.3 is 12.1 Å². The highest BCUT2D eigenvalue weighted by Crippen LogP contribution is 2.20. The number of carbonyl (C=O) groups is 1. The molecular formula is C9H16F3NO3. The Labute approximate surface area is 91.8 Å². The van der Waals surface area contributed by atoms with Gasteiger partial charge in [0.1, 0.15) is 0 Å². The molecule has 0 aliphatic carbocycles. The Kier molecular flexibility index (Phi) is 5.74. The van der Waals surface area contributed by atoms with Crippen molar-refractivity contribution >= 4 is 5.97 Å². The molecule has 7 heteroatoms. The zero-order valence-corrected chi connectivity index (χ0v) is 9.23. The van der Waals surface area contributed by atoms with E-state index in [-0.39, 0.29) is 19.5 Å². The van der Waals surface area contributed by atoms with Crippen molar-refractivity contribution in [1.82, 2.24) is 5.32 Å². The van der Waals surface area contributed by atoms with Crippen molar-refractivity contribution in [3.05, 3.63) is 0 Å². The fourth-order valence-corrected chi connectivity index (χ4v) is 1.04. The van der Waals surface area contributed by atoms with E-state index in [1.807, 2.05) is 0 Å². The van der Waals surface area contributed by atoms with E-state index in [1.165, 1.54) is 6.92 Å². The lowest BCUT2D eigenvalue weighted by Crippen LogP contribution is -2.45. The average molecular weight is 243 g/mol. The lowest BCUT2D eigenvalue weighted by molar-refractivity contribution is -0.160. The summed E-state index contributed by atoms with van der Waals surface area (Å²) in [6.45, 7) is 1.17. The molecule has 0 aromatic rings. The average Bonchev–Trinajstić information content (AvgIpc) is 2.14. The molecule has 1 unspecified atom stereocenters. The summed E-state index contributed by atoms with van der Waals surface area (Å²) >= 11 is 0. The molecule has 0 aliphatic heterocycles. The maximum Gasteiger partial charge on any atom is 0.389 e. The van der Waals surface area contributed by atoms with Crippen LogP contribution in [0.2, 0.25) is 0 Å². The third kappa shape index (κ3) is 6.62. The fourth-order valence-electron chi connectivity index (χ4n) is 1.04. The van der Waals surface area contributed by atoms with E-state index in [4.69, 9.17) is 0 Å². The highest BCUT2D eigenvalue weighted by Gasteiger charge is 2.31. The lowest BCUT2D eigenvalue weighted by atomic mass is 10.1. The Morgan fingerprint density at radius 3 is 2.44 bits per heavy atom. The molecular weight excluding hydrogens is 227 g/mol. The number of hydrogen-bond acceptors (Lipinski definition) is 4. The number of ether oxygens (including phenoxy) is 1. The van der Waals surface area contributed by atoms with Gasteiger partial charge in [0.25, 0.3) is 0 Å². The SMILES string of the molecule is COC(=O)C(C)(O)CNCCCC(F)(F)F. The van der Waals surface area contributed by atoms with Gasteiger partial charge in [-0.05, 0) is 19.9 Å². The maximum absolute atomic E-state index is 11.7. The van der Waals surface area contributed by atoms with Crippen molar-refractivity contribution in [1.29, 1.82) is 0 Å². The van der Waals surface area contributed by atoms with Crippen LogP contribution in [0.5, 0.6) is 0 Å². The molecule has 0 radical (unpaired) electrons. The molecule has 0 bridgehead atoms. The van der Waals surface area contributed by atoms with E-state index in [1.54, 1.807) is 0 Å². The molecule has 16 heavy (non-hydrogen) atoms. The van der Waals surface area contributed by atoms with Crippen LogP contribution < -0.4 is 5.32 Å². The van der Waals surface area contributed by atoms with Crippen LogP contribution in [0.25, 0.3) is 0 Å². The molecule has 2 N–H and O–H groups in total. The lowest BCUT2D eigenvalue weighted by Gasteiger charge is -2.20. The third-order valence-electron chi connectivity index (χ3n) is 1.91. The first-order valence-electron chi connectivity index (χ1n) is 4.77. The van der Waals surface area contributed by atoms with E-state index in [0.29, 0.717) is 0 Å². The second-order valence-electron chi connectivity index (χ2n) is 3.66. The smallest absolute Gasteiger partial charge is 0.389 e. The highest BCUT2D eigenvalue weighted by atomic mass is 19.4. The van der Waals surface area contributed by atoms with Crippen molar-refractivity contribution in [2.24, 2.45) is 0 Å². The summed E-state index contributed by atoms with van der Waals surface area (Å²) < 4.78 is 39.6. The van der Waals surface area contributed by atoms with Gasteiger partial charge in [0, 0.05) is 13.0 Å². The molecule has 0 aromatic carbocycles. The van der Waals surface area contributed by atoms with Gasteiger partial charge in [0.15, 0.2) is 5.60 Å². The summed E-state index contributed by atoms with van der Waals surface area (Å²) in [7, 11) is 1.13. The van der Waals surface area contributed by atoms with Crippen molar-refractivity contribution in [2.45, 2.75) is 31.5 Å². The van der Waals surface area contributed by atoms with E-state index in [0.717, 1.165) is 7.11 Å². The van der Waals surface area contributed by atoms with Crippen LogP contribution in [-0.2, 0) is 9.53 Å². The van der Waals surface area contributed by atoms with Crippen LogP contribution in [0.3, 0.4) is 0 Å².